The zero-order valence-corrected chi connectivity index (χ0v) is 13.7. The number of hydrogen-bond acceptors (Lipinski definition) is 3. The van der Waals surface area contributed by atoms with Gasteiger partial charge in [0.15, 0.2) is 0 Å². The van der Waals surface area contributed by atoms with E-state index < -0.39 is 0 Å². The summed E-state index contributed by atoms with van der Waals surface area (Å²) < 4.78 is 1.98. The lowest BCUT2D eigenvalue weighted by Gasteiger charge is -2.33. The molecule has 2 aliphatic rings. The van der Waals surface area contributed by atoms with Crippen molar-refractivity contribution in [1.29, 1.82) is 0 Å². The second-order valence-corrected chi connectivity index (χ2v) is 7.74. The highest BCUT2D eigenvalue weighted by Crippen LogP contribution is 2.15. The van der Waals surface area contributed by atoms with E-state index in [1.807, 2.05) is 9.58 Å². The molecule has 1 aliphatic carbocycles. The summed E-state index contributed by atoms with van der Waals surface area (Å²) in [6, 6.07) is 0.950. The van der Waals surface area contributed by atoms with Gasteiger partial charge in [-0.05, 0) is 56.9 Å². The highest BCUT2D eigenvalue weighted by Gasteiger charge is 2.32. The second-order valence-electron chi connectivity index (χ2n) is 7.74. The first-order valence-electron chi connectivity index (χ1n) is 8.50. The molecule has 1 saturated heterocycles. The van der Waals surface area contributed by atoms with E-state index in [9.17, 15) is 0 Å². The van der Waals surface area contributed by atoms with Crippen LogP contribution in [-0.2, 0) is 12.1 Å². The number of hydrogen-bond donors (Lipinski definition) is 2. The summed E-state index contributed by atoms with van der Waals surface area (Å²) in [5.41, 5.74) is -0.0325. The standard InChI is InChI=1S/C15H28N6/c1-15(2,3)21-14(16-17-18-21)12-19-8-10-20(11-9-19)13-6-4-5-7-13/h13H,4-12H2,1-3H3/p+2. The van der Waals surface area contributed by atoms with E-state index >= 15 is 0 Å². The van der Waals surface area contributed by atoms with Crippen LogP contribution in [0.15, 0.2) is 0 Å². The molecule has 0 spiro atoms. The maximum atomic E-state index is 4.25. The summed E-state index contributed by atoms with van der Waals surface area (Å²) in [6.07, 6.45) is 5.80. The first kappa shape index (κ1) is 14.9. The maximum Gasteiger partial charge on any atom is 0.206 e. The van der Waals surface area contributed by atoms with Gasteiger partial charge >= 0.3 is 0 Å². The molecule has 3 rings (SSSR count). The van der Waals surface area contributed by atoms with E-state index in [-0.39, 0.29) is 5.54 Å². The Balaban J connectivity index is 1.55. The normalized spacial score (nSPS) is 28.1. The molecule has 21 heavy (non-hydrogen) atoms. The van der Waals surface area contributed by atoms with Gasteiger partial charge in [0.1, 0.15) is 32.7 Å². The summed E-state index contributed by atoms with van der Waals surface area (Å²) in [4.78, 5) is 3.49. The molecular weight excluding hydrogens is 264 g/mol. The number of piperazine rings is 1. The van der Waals surface area contributed by atoms with Gasteiger partial charge in [0, 0.05) is 0 Å². The first-order valence-corrected chi connectivity index (χ1v) is 8.50. The van der Waals surface area contributed by atoms with Gasteiger partial charge in [-0.3, -0.25) is 0 Å². The molecule has 0 aromatic carbocycles. The van der Waals surface area contributed by atoms with E-state index in [4.69, 9.17) is 0 Å². The molecular formula is C15H30N6+2. The van der Waals surface area contributed by atoms with Crippen molar-refractivity contribution in [3.05, 3.63) is 5.82 Å². The van der Waals surface area contributed by atoms with E-state index in [1.165, 1.54) is 51.9 Å². The third-order valence-electron chi connectivity index (χ3n) is 5.11. The van der Waals surface area contributed by atoms with Gasteiger partial charge in [0.25, 0.3) is 0 Å². The summed E-state index contributed by atoms with van der Waals surface area (Å²) in [7, 11) is 0. The maximum absolute atomic E-state index is 4.25. The molecule has 1 aromatic heterocycles. The fourth-order valence-electron chi connectivity index (χ4n) is 3.90. The van der Waals surface area contributed by atoms with Crippen molar-refractivity contribution in [1.82, 2.24) is 20.2 Å². The number of quaternary nitrogens is 2. The van der Waals surface area contributed by atoms with Gasteiger partial charge in [-0.1, -0.05) is 0 Å². The fourth-order valence-corrected chi connectivity index (χ4v) is 3.90. The molecule has 6 nitrogen and oxygen atoms in total. The minimum atomic E-state index is -0.0325. The van der Waals surface area contributed by atoms with Crippen molar-refractivity contribution in [2.45, 2.75) is 64.6 Å². The van der Waals surface area contributed by atoms with Crippen LogP contribution >= 0.6 is 0 Å². The molecule has 0 radical (unpaired) electrons. The molecule has 2 heterocycles. The molecule has 0 atom stereocenters. The molecule has 0 bridgehead atoms. The first-order chi connectivity index (χ1) is 10.0. The number of tetrazole rings is 1. The second kappa shape index (κ2) is 6.01. The highest BCUT2D eigenvalue weighted by atomic mass is 15.6. The summed E-state index contributed by atoms with van der Waals surface area (Å²) >= 11 is 0. The van der Waals surface area contributed by atoms with Crippen molar-refractivity contribution in [2.75, 3.05) is 26.2 Å². The molecule has 1 aromatic rings. The summed E-state index contributed by atoms with van der Waals surface area (Å²) in [6.45, 7) is 12.6. The Hall–Kier alpha value is -1.01. The molecule has 6 heteroatoms. The lowest BCUT2D eigenvalue weighted by atomic mass is 10.1. The number of rotatable bonds is 3. The Bertz CT molecular complexity index is 449. The topological polar surface area (TPSA) is 52.5 Å². The zero-order valence-electron chi connectivity index (χ0n) is 13.7. The molecule has 118 valence electrons. The largest absolute Gasteiger partial charge is 0.323 e. The third-order valence-corrected chi connectivity index (χ3v) is 5.11. The van der Waals surface area contributed by atoms with Crippen LogP contribution < -0.4 is 9.80 Å². The Morgan fingerprint density at radius 2 is 1.76 bits per heavy atom. The summed E-state index contributed by atoms with van der Waals surface area (Å²) in [5, 5.41) is 12.3. The van der Waals surface area contributed by atoms with Gasteiger partial charge < -0.3 is 9.80 Å². The molecule has 2 N–H and O–H groups in total. The number of nitrogens with zero attached hydrogens (tertiary/aromatic N) is 4. The fraction of sp³-hybridized carbons (Fsp3) is 0.933. The minimum Gasteiger partial charge on any atom is -0.323 e. The smallest absolute Gasteiger partial charge is 0.206 e. The van der Waals surface area contributed by atoms with Crippen LogP contribution in [0.25, 0.3) is 0 Å². The Labute approximate surface area is 127 Å². The van der Waals surface area contributed by atoms with Crippen molar-refractivity contribution in [3.8, 4) is 0 Å². The van der Waals surface area contributed by atoms with Crippen LogP contribution in [0.5, 0.6) is 0 Å². The van der Waals surface area contributed by atoms with Crippen molar-refractivity contribution in [3.63, 3.8) is 0 Å². The van der Waals surface area contributed by atoms with Crippen molar-refractivity contribution in [2.24, 2.45) is 0 Å². The summed E-state index contributed by atoms with van der Waals surface area (Å²) in [5.74, 6) is 1.03. The zero-order chi connectivity index (χ0) is 14.9. The van der Waals surface area contributed by atoms with Crippen molar-refractivity contribution >= 4 is 0 Å². The van der Waals surface area contributed by atoms with E-state index in [0.29, 0.717) is 0 Å². The van der Waals surface area contributed by atoms with E-state index in [1.54, 1.807) is 4.90 Å². The lowest BCUT2D eigenvalue weighted by Crippen LogP contribution is -3.29. The SMILES string of the molecule is CC(C)(C)n1nnnc1C[NH+]1CC[NH+](C2CCCC2)CC1. The Morgan fingerprint density at radius 3 is 2.38 bits per heavy atom. The van der Waals surface area contributed by atoms with Crippen LogP contribution in [0.1, 0.15) is 52.3 Å². The molecule has 0 unspecified atom stereocenters. The third kappa shape index (κ3) is 3.43. The van der Waals surface area contributed by atoms with Crippen molar-refractivity contribution < 1.29 is 9.80 Å². The predicted octanol–water partition coefficient (Wildman–Crippen LogP) is -1.35. The average molecular weight is 294 g/mol. The van der Waals surface area contributed by atoms with Gasteiger partial charge in [0.2, 0.25) is 5.82 Å². The van der Waals surface area contributed by atoms with Crippen LogP contribution in [0.2, 0.25) is 0 Å². The molecule has 1 saturated carbocycles. The van der Waals surface area contributed by atoms with Gasteiger partial charge in [0.05, 0.1) is 11.6 Å². The van der Waals surface area contributed by atoms with Crippen LogP contribution in [0, 0.1) is 0 Å². The van der Waals surface area contributed by atoms with Crippen LogP contribution in [-0.4, -0.2) is 52.4 Å². The van der Waals surface area contributed by atoms with Crippen LogP contribution in [0.4, 0.5) is 0 Å². The predicted molar refractivity (Wildman–Crippen MR) is 80.2 cm³/mol. The minimum absolute atomic E-state index is 0.0325. The lowest BCUT2D eigenvalue weighted by molar-refractivity contribution is -1.03. The molecule has 2 fully saturated rings. The molecule has 1 aliphatic heterocycles. The van der Waals surface area contributed by atoms with E-state index in [2.05, 4.69) is 36.3 Å². The van der Waals surface area contributed by atoms with Crippen LogP contribution in [0.3, 0.4) is 0 Å². The number of aromatic nitrogens is 4. The van der Waals surface area contributed by atoms with E-state index in [0.717, 1.165) is 18.4 Å². The molecule has 0 amide bonds. The number of nitrogens with one attached hydrogen (secondary N) is 2. The van der Waals surface area contributed by atoms with Gasteiger partial charge in [-0.15, -0.1) is 5.10 Å². The van der Waals surface area contributed by atoms with Gasteiger partial charge in [-0.2, -0.15) is 0 Å². The highest BCUT2D eigenvalue weighted by molar-refractivity contribution is 4.84. The van der Waals surface area contributed by atoms with Gasteiger partial charge in [-0.25, -0.2) is 4.68 Å². The quantitative estimate of drug-likeness (QED) is 0.725. The average Bonchev–Trinajstić information content (AvgIpc) is 3.09. The Morgan fingerprint density at radius 1 is 1.10 bits per heavy atom. The monoisotopic (exact) mass is 294 g/mol. The Kier molecular flexibility index (Phi) is 4.26.